The fraction of sp³-hybridized carbons (Fsp3) is 0.391. The largest absolute Gasteiger partial charge is 0.483 e. The van der Waals surface area contributed by atoms with Crippen LogP contribution in [-0.4, -0.2) is 35.9 Å². The lowest BCUT2D eigenvalue weighted by Gasteiger charge is -2.29. The van der Waals surface area contributed by atoms with Crippen molar-refractivity contribution in [1.29, 1.82) is 0 Å². The van der Waals surface area contributed by atoms with E-state index in [9.17, 15) is 9.59 Å². The normalized spacial score (nSPS) is 11.6. The summed E-state index contributed by atoms with van der Waals surface area (Å²) in [5.41, 5.74) is 3.01. The number of aryl methyl sites for hydroxylation is 2. The number of benzene rings is 2. The number of hydrogen-bond acceptors (Lipinski definition) is 3. The Hall–Kier alpha value is -2.82. The van der Waals surface area contributed by atoms with Gasteiger partial charge in [-0.25, -0.2) is 0 Å². The molecule has 0 radical (unpaired) electrons. The lowest BCUT2D eigenvalue weighted by Crippen LogP contribution is -2.49. The fourth-order valence-electron chi connectivity index (χ4n) is 2.84. The Kier molecular flexibility index (Phi) is 8.05. The highest BCUT2D eigenvalue weighted by atomic mass is 16.5. The molecule has 0 spiro atoms. The number of amides is 2. The average Bonchev–Trinajstić information content (AvgIpc) is 2.70. The second kappa shape index (κ2) is 10.5. The third-order valence-corrected chi connectivity index (χ3v) is 4.61. The summed E-state index contributed by atoms with van der Waals surface area (Å²) in [6, 6.07) is 15.0. The Morgan fingerprint density at radius 3 is 2.50 bits per heavy atom. The maximum Gasteiger partial charge on any atom is 0.261 e. The highest BCUT2D eigenvalue weighted by Gasteiger charge is 2.26. The molecule has 0 fully saturated rings. The summed E-state index contributed by atoms with van der Waals surface area (Å²) in [7, 11) is 0. The molecule has 5 heteroatoms. The maximum absolute atomic E-state index is 13.0. The number of nitrogens with one attached hydrogen (secondary N) is 1. The summed E-state index contributed by atoms with van der Waals surface area (Å²) in [6.45, 7) is 8.52. The van der Waals surface area contributed by atoms with E-state index in [1.54, 1.807) is 11.8 Å². The van der Waals surface area contributed by atoms with Gasteiger partial charge in [-0.05, 0) is 49.9 Å². The van der Waals surface area contributed by atoms with Gasteiger partial charge in [-0.15, -0.1) is 0 Å². The van der Waals surface area contributed by atoms with Crippen molar-refractivity contribution in [2.75, 3.05) is 13.2 Å². The van der Waals surface area contributed by atoms with Crippen LogP contribution in [0.15, 0.2) is 48.5 Å². The molecule has 0 saturated carbocycles. The van der Waals surface area contributed by atoms with Gasteiger partial charge < -0.3 is 15.0 Å². The molecule has 2 amide bonds. The van der Waals surface area contributed by atoms with E-state index >= 15 is 0 Å². The highest BCUT2D eigenvalue weighted by molar-refractivity contribution is 5.87. The molecule has 2 aromatic carbocycles. The van der Waals surface area contributed by atoms with Crippen molar-refractivity contribution in [2.24, 2.45) is 0 Å². The van der Waals surface area contributed by atoms with E-state index in [-0.39, 0.29) is 18.4 Å². The van der Waals surface area contributed by atoms with Gasteiger partial charge >= 0.3 is 0 Å². The van der Waals surface area contributed by atoms with E-state index in [0.29, 0.717) is 18.8 Å². The molecule has 0 heterocycles. The Morgan fingerprint density at radius 2 is 1.82 bits per heavy atom. The van der Waals surface area contributed by atoms with E-state index in [1.807, 2.05) is 69.3 Å². The van der Waals surface area contributed by atoms with E-state index in [0.717, 1.165) is 23.1 Å². The first-order chi connectivity index (χ1) is 13.4. The van der Waals surface area contributed by atoms with E-state index in [4.69, 9.17) is 4.74 Å². The molecular weight excluding hydrogens is 352 g/mol. The van der Waals surface area contributed by atoms with Crippen molar-refractivity contribution in [3.63, 3.8) is 0 Å². The lowest BCUT2D eigenvalue weighted by molar-refractivity contribution is -0.142. The van der Waals surface area contributed by atoms with Gasteiger partial charge in [0.1, 0.15) is 11.8 Å². The number of ether oxygens (including phenoxy) is 1. The van der Waals surface area contributed by atoms with Crippen LogP contribution in [-0.2, 0) is 16.1 Å². The van der Waals surface area contributed by atoms with Crippen LogP contribution in [0.2, 0.25) is 0 Å². The Morgan fingerprint density at radius 1 is 1.11 bits per heavy atom. The molecule has 0 aliphatic heterocycles. The number of carbonyl (C=O) groups is 2. The highest BCUT2D eigenvalue weighted by Crippen LogP contribution is 2.19. The quantitative estimate of drug-likeness (QED) is 0.721. The molecule has 0 bridgehead atoms. The Balaban J connectivity index is 2.13. The second-order valence-electron chi connectivity index (χ2n) is 7.03. The molecule has 2 rings (SSSR count). The number of rotatable bonds is 9. The van der Waals surface area contributed by atoms with Crippen molar-refractivity contribution in [2.45, 2.75) is 46.7 Å². The van der Waals surface area contributed by atoms with Crippen LogP contribution in [0.4, 0.5) is 0 Å². The average molecular weight is 383 g/mol. The molecule has 2 aromatic rings. The summed E-state index contributed by atoms with van der Waals surface area (Å²) in [4.78, 5) is 27.0. The fourth-order valence-corrected chi connectivity index (χ4v) is 2.84. The zero-order chi connectivity index (χ0) is 20.5. The molecule has 150 valence electrons. The number of hydrogen-bond donors (Lipinski definition) is 1. The molecule has 1 N–H and O–H groups in total. The van der Waals surface area contributed by atoms with Crippen LogP contribution in [0.3, 0.4) is 0 Å². The van der Waals surface area contributed by atoms with Gasteiger partial charge in [-0.3, -0.25) is 9.59 Å². The van der Waals surface area contributed by atoms with E-state index in [2.05, 4.69) is 5.32 Å². The smallest absolute Gasteiger partial charge is 0.261 e. The van der Waals surface area contributed by atoms with Gasteiger partial charge in [0.25, 0.3) is 5.91 Å². The van der Waals surface area contributed by atoms with E-state index < -0.39 is 6.04 Å². The Labute approximate surface area is 167 Å². The van der Waals surface area contributed by atoms with Crippen molar-refractivity contribution in [3.8, 4) is 5.75 Å². The van der Waals surface area contributed by atoms with Crippen LogP contribution in [0.25, 0.3) is 0 Å². The molecule has 1 unspecified atom stereocenters. The minimum absolute atomic E-state index is 0.109. The molecular formula is C23H30N2O3. The molecule has 5 nitrogen and oxygen atoms in total. The zero-order valence-electron chi connectivity index (χ0n) is 17.2. The summed E-state index contributed by atoms with van der Waals surface area (Å²) in [6.07, 6.45) is 0.848. The number of nitrogens with zero attached hydrogens (tertiary/aromatic N) is 1. The maximum atomic E-state index is 13.0. The molecule has 0 saturated heterocycles. The molecule has 0 aliphatic rings. The summed E-state index contributed by atoms with van der Waals surface area (Å²) in [5.74, 6) is 0.317. The van der Waals surface area contributed by atoms with E-state index in [1.165, 1.54) is 0 Å². The minimum Gasteiger partial charge on any atom is -0.483 e. The first kappa shape index (κ1) is 21.5. The van der Waals surface area contributed by atoms with Gasteiger partial charge in [0, 0.05) is 13.1 Å². The Bertz CT molecular complexity index is 790. The van der Waals surface area contributed by atoms with Crippen LogP contribution in [0.5, 0.6) is 5.75 Å². The van der Waals surface area contributed by atoms with Gasteiger partial charge in [0.15, 0.2) is 6.61 Å². The predicted octanol–water partition coefficient (Wildman–Crippen LogP) is 3.63. The molecule has 0 aliphatic carbocycles. The van der Waals surface area contributed by atoms with Crippen LogP contribution in [0, 0.1) is 13.8 Å². The first-order valence-electron chi connectivity index (χ1n) is 9.73. The predicted molar refractivity (Wildman–Crippen MR) is 111 cm³/mol. The van der Waals surface area contributed by atoms with Crippen LogP contribution in [0.1, 0.15) is 37.0 Å². The lowest BCUT2D eigenvalue weighted by atomic mass is 10.1. The third-order valence-electron chi connectivity index (χ3n) is 4.61. The minimum atomic E-state index is -0.582. The zero-order valence-corrected chi connectivity index (χ0v) is 17.2. The van der Waals surface area contributed by atoms with Crippen molar-refractivity contribution in [3.05, 3.63) is 65.2 Å². The summed E-state index contributed by atoms with van der Waals surface area (Å²) in [5, 5.41) is 2.87. The number of carbonyl (C=O) groups excluding carboxylic acids is 2. The molecule has 0 aromatic heterocycles. The van der Waals surface area contributed by atoms with Crippen molar-refractivity contribution >= 4 is 11.8 Å². The third kappa shape index (κ3) is 6.12. The SMILES string of the molecule is CCCNC(=O)C(C)N(Cc1ccccc1)C(=O)COc1cc(C)ccc1C. The van der Waals surface area contributed by atoms with Gasteiger partial charge in [-0.1, -0.05) is 49.4 Å². The second-order valence-corrected chi connectivity index (χ2v) is 7.03. The van der Waals surface area contributed by atoms with Crippen LogP contribution >= 0.6 is 0 Å². The molecule has 1 atom stereocenters. The monoisotopic (exact) mass is 382 g/mol. The van der Waals surface area contributed by atoms with Crippen LogP contribution < -0.4 is 10.1 Å². The van der Waals surface area contributed by atoms with Crippen molar-refractivity contribution < 1.29 is 14.3 Å². The first-order valence-corrected chi connectivity index (χ1v) is 9.73. The standard InChI is InChI=1S/C23H30N2O3/c1-5-13-24-23(27)19(4)25(15-20-9-7-6-8-10-20)22(26)16-28-21-14-17(2)11-12-18(21)3/h6-12,14,19H,5,13,15-16H2,1-4H3,(H,24,27). The molecule has 28 heavy (non-hydrogen) atoms. The van der Waals surface area contributed by atoms with Crippen molar-refractivity contribution in [1.82, 2.24) is 10.2 Å². The topological polar surface area (TPSA) is 58.6 Å². The van der Waals surface area contributed by atoms with Gasteiger partial charge in [-0.2, -0.15) is 0 Å². The summed E-state index contributed by atoms with van der Waals surface area (Å²) < 4.78 is 5.79. The van der Waals surface area contributed by atoms with Gasteiger partial charge in [0.2, 0.25) is 5.91 Å². The van der Waals surface area contributed by atoms with Gasteiger partial charge in [0.05, 0.1) is 0 Å². The summed E-state index contributed by atoms with van der Waals surface area (Å²) >= 11 is 0.